The molecule has 1 atom stereocenters. The number of nitrogens with zero attached hydrogens (tertiary/aromatic N) is 1. The highest BCUT2D eigenvalue weighted by molar-refractivity contribution is 7.99. The zero-order valence-corrected chi connectivity index (χ0v) is 14.3. The Morgan fingerprint density at radius 2 is 2.00 bits per heavy atom. The second-order valence-electron chi connectivity index (χ2n) is 5.17. The molecule has 0 aliphatic carbocycles. The Morgan fingerprint density at radius 3 is 2.50 bits per heavy atom. The number of carbonyl (C=O) groups is 1. The van der Waals surface area contributed by atoms with Gasteiger partial charge in [-0.15, -0.1) is 24.2 Å². The first kappa shape index (κ1) is 19.9. The van der Waals surface area contributed by atoms with Gasteiger partial charge >= 0.3 is 5.76 Å². The van der Waals surface area contributed by atoms with Crippen molar-refractivity contribution in [3.05, 3.63) is 0 Å². The Hall–Kier alpha value is -0.160. The molecule has 0 aromatic rings. The van der Waals surface area contributed by atoms with E-state index in [0.29, 0.717) is 19.4 Å². The molecule has 0 saturated carbocycles. The van der Waals surface area contributed by atoms with Crippen LogP contribution in [0, 0.1) is 5.92 Å². The topological polar surface area (TPSA) is 78.5 Å². The highest BCUT2D eigenvalue weighted by Gasteiger charge is 2.35. The summed E-state index contributed by atoms with van der Waals surface area (Å²) >= 11 is 1.66. The third-order valence-electron chi connectivity index (χ3n) is 3.76. The lowest BCUT2D eigenvalue weighted by molar-refractivity contribution is -0.122. The summed E-state index contributed by atoms with van der Waals surface area (Å²) in [6.45, 7) is 0.639. The monoisotopic (exact) mass is 379 g/mol. The molecule has 1 unspecified atom stereocenters. The largest absolute Gasteiger partial charge is 0.354 e. The van der Waals surface area contributed by atoms with E-state index < -0.39 is 15.8 Å². The lowest BCUT2D eigenvalue weighted by Crippen LogP contribution is -2.46. The quantitative estimate of drug-likeness (QED) is 0.725. The van der Waals surface area contributed by atoms with Crippen molar-refractivity contribution in [2.45, 2.75) is 24.6 Å². The van der Waals surface area contributed by atoms with Crippen LogP contribution in [0.15, 0.2) is 0 Å². The van der Waals surface area contributed by atoms with Gasteiger partial charge in [-0.3, -0.25) is 10.1 Å². The summed E-state index contributed by atoms with van der Waals surface area (Å²) in [6, 6.07) is -0.172. The molecule has 0 bridgehead atoms. The average molecular weight is 380 g/mol. The molecule has 0 aromatic carbocycles. The second kappa shape index (κ2) is 8.62. The zero-order chi connectivity index (χ0) is 15.5. The third-order valence-corrected chi connectivity index (χ3v) is 6.23. The lowest BCUT2D eigenvalue weighted by Gasteiger charge is -2.31. The van der Waals surface area contributed by atoms with E-state index in [1.54, 1.807) is 11.8 Å². The standard InChI is InChI=1S/C11H19F2N3O3S2.ClH/c12-11(13)21(18,19)16-3-1-8(2-4-16)5-14-10(17)9-6-20-7-15-9;/h8-9,11,15H,1-7H2,(H,14,17);1H. The summed E-state index contributed by atoms with van der Waals surface area (Å²) in [5.74, 6) is -1.77. The van der Waals surface area contributed by atoms with Gasteiger partial charge in [0.2, 0.25) is 5.91 Å². The molecule has 11 heteroatoms. The van der Waals surface area contributed by atoms with Crippen LogP contribution in [0.1, 0.15) is 12.8 Å². The van der Waals surface area contributed by atoms with Crippen molar-refractivity contribution in [2.75, 3.05) is 31.3 Å². The van der Waals surface area contributed by atoms with Crippen LogP contribution >= 0.6 is 24.2 Å². The van der Waals surface area contributed by atoms with Crippen LogP contribution in [0.3, 0.4) is 0 Å². The van der Waals surface area contributed by atoms with Crippen LogP contribution in [-0.4, -0.2) is 61.7 Å². The normalized spacial score (nSPS) is 24.2. The van der Waals surface area contributed by atoms with Gasteiger partial charge in [0.05, 0.1) is 6.04 Å². The number of hydrogen-bond acceptors (Lipinski definition) is 5. The first-order chi connectivity index (χ1) is 9.91. The predicted molar refractivity (Wildman–Crippen MR) is 83.7 cm³/mol. The SMILES string of the molecule is Cl.O=C(NCC1CCN(S(=O)(=O)C(F)F)CC1)C1CSCN1. The van der Waals surface area contributed by atoms with E-state index >= 15 is 0 Å². The first-order valence-corrected chi connectivity index (χ1v) is 9.43. The summed E-state index contributed by atoms with van der Waals surface area (Å²) < 4.78 is 48.3. The van der Waals surface area contributed by atoms with Gasteiger partial charge in [0.1, 0.15) is 0 Å². The smallest absolute Gasteiger partial charge is 0.350 e. The van der Waals surface area contributed by atoms with Crippen LogP contribution < -0.4 is 10.6 Å². The van der Waals surface area contributed by atoms with Crippen molar-refractivity contribution in [2.24, 2.45) is 5.92 Å². The van der Waals surface area contributed by atoms with E-state index in [-0.39, 0.29) is 43.4 Å². The molecule has 2 heterocycles. The van der Waals surface area contributed by atoms with Gasteiger partial charge in [0, 0.05) is 31.3 Å². The highest BCUT2D eigenvalue weighted by atomic mass is 35.5. The summed E-state index contributed by atoms with van der Waals surface area (Å²) in [5.41, 5.74) is 0. The van der Waals surface area contributed by atoms with Crippen LogP contribution in [0.4, 0.5) is 8.78 Å². The fourth-order valence-corrected chi connectivity index (χ4v) is 4.30. The second-order valence-corrected chi connectivity index (χ2v) is 8.10. The fraction of sp³-hybridized carbons (Fsp3) is 0.909. The average Bonchev–Trinajstić information content (AvgIpc) is 2.99. The van der Waals surface area contributed by atoms with Crippen LogP contribution in [0.25, 0.3) is 0 Å². The molecule has 0 radical (unpaired) electrons. The number of halogens is 3. The molecule has 2 saturated heterocycles. The van der Waals surface area contributed by atoms with Gasteiger partial charge in [0.15, 0.2) is 0 Å². The van der Waals surface area contributed by atoms with E-state index in [4.69, 9.17) is 0 Å². The maximum absolute atomic E-state index is 12.4. The maximum atomic E-state index is 12.4. The number of hydrogen-bond donors (Lipinski definition) is 2. The zero-order valence-electron chi connectivity index (χ0n) is 11.8. The van der Waals surface area contributed by atoms with Crippen molar-refractivity contribution in [1.29, 1.82) is 0 Å². The number of rotatable bonds is 5. The molecule has 130 valence electrons. The van der Waals surface area contributed by atoms with Gasteiger partial charge in [-0.2, -0.15) is 13.1 Å². The van der Waals surface area contributed by atoms with Gasteiger partial charge in [-0.05, 0) is 18.8 Å². The molecule has 2 aliphatic rings. The van der Waals surface area contributed by atoms with Crippen molar-refractivity contribution in [3.8, 4) is 0 Å². The molecular formula is C11H20ClF2N3O3S2. The van der Waals surface area contributed by atoms with Crippen LogP contribution in [0.2, 0.25) is 0 Å². The predicted octanol–water partition coefficient (Wildman–Crippen LogP) is 0.451. The molecule has 22 heavy (non-hydrogen) atoms. The first-order valence-electron chi connectivity index (χ1n) is 6.77. The number of nitrogens with one attached hydrogen (secondary N) is 2. The van der Waals surface area contributed by atoms with E-state index in [0.717, 1.165) is 15.9 Å². The number of amides is 1. The molecule has 2 N–H and O–H groups in total. The third kappa shape index (κ3) is 4.92. The minimum absolute atomic E-state index is 0. The number of thioether (sulfide) groups is 1. The number of alkyl halides is 2. The molecular weight excluding hydrogens is 360 g/mol. The van der Waals surface area contributed by atoms with Gasteiger partial charge in [0.25, 0.3) is 10.0 Å². The summed E-state index contributed by atoms with van der Waals surface area (Å²) in [6.07, 6.45) is 0.970. The summed E-state index contributed by atoms with van der Waals surface area (Å²) in [4.78, 5) is 11.8. The van der Waals surface area contributed by atoms with Crippen molar-refractivity contribution in [3.63, 3.8) is 0 Å². The van der Waals surface area contributed by atoms with Gasteiger partial charge < -0.3 is 5.32 Å². The lowest BCUT2D eigenvalue weighted by atomic mass is 9.98. The van der Waals surface area contributed by atoms with Crippen molar-refractivity contribution >= 4 is 40.1 Å². The van der Waals surface area contributed by atoms with E-state index in [2.05, 4.69) is 10.6 Å². The molecule has 0 aromatic heterocycles. The van der Waals surface area contributed by atoms with Gasteiger partial charge in [-0.1, -0.05) is 0 Å². The Morgan fingerprint density at radius 1 is 1.36 bits per heavy atom. The Balaban J connectivity index is 0.00000242. The molecule has 2 rings (SSSR count). The number of carbonyl (C=O) groups excluding carboxylic acids is 1. The Labute approximate surface area is 139 Å². The Kier molecular flexibility index (Phi) is 7.80. The minimum Gasteiger partial charge on any atom is -0.354 e. The highest BCUT2D eigenvalue weighted by Crippen LogP contribution is 2.22. The van der Waals surface area contributed by atoms with E-state index in [1.807, 2.05) is 0 Å². The molecule has 2 aliphatic heterocycles. The van der Waals surface area contributed by atoms with E-state index in [1.165, 1.54) is 0 Å². The van der Waals surface area contributed by atoms with Gasteiger partial charge in [-0.25, -0.2) is 8.42 Å². The summed E-state index contributed by atoms with van der Waals surface area (Å²) in [5, 5.41) is 5.90. The molecule has 0 spiro atoms. The van der Waals surface area contributed by atoms with E-state index in [9.17, 15) is 22.0 Å². The fourth-order valence-electron chi connectivity index (χ4n) is 2.41. The maximum Gasteiger partial charge on any atom is 0.350 e. The minimum atomic E-state index is -4.47. The summed E-state index contributed by atoms with van der Waals surface area (Å²) in [7, 11) is -4.47. The van der Waals surface area contributed by atoms with Crippen molar-refractivity contribution in [1.82, 2.24) is 14.9 Å². The number of piperidine rings is 1. The number of sulfonamides is 1. The Bertz CT molecular complexity index is 467. The molecule has 2 fully saturated rings. The van der Waals surface area contributed by atoms with Crippen LogP contribution in [-0.2, 0) is 14.8 Å². The van der Waals surface area contributed by atoms with Crippen molar-refractivity contribution < 1.29 is 22.0 Å². The van der Waals surface area contributed by atoms with Crippen LogP contribution in [0.5, 0.6) is 0 Å². The molecule has 6 nitrogen and oxygen atoms in total. The molecule has 1 amide bonds.